The Morgan fingerprint density at radius 2 is 1.84 bits per heavy atom. The minimum Gasteiger partial charge on any atom is -0.454 e. The van der Waals surface area contributed by atoms with Gasteiger partial charge in [0.2, 0.25) is 12.7 Å². The molecule has 0 aliphatic carbocycles. The first-order valence-electron chi connectivity index (χ1n) is 8.58. The highest BCUT2D eigenvalue weighted by molar-refractivity contribution is 5.92. The van der Waals surface area contributed by atoms with E-state index in [0.29, 0.717) is 17.4 Å². The minimum atomic E-state index is -0.0296. The van der Waals surface area contributed by atoms with Gasteiger partial charge in [0.15, 0.2) is 11.5 Å². The summed E-state index contributed by atoms with van der Waals surface area (Å²) in [5.74, 6) is 1.76. The molecule has 7 heteroatoms. The van der Waals surface area contributed by atoms with Crippen LogP contribution < -0.4 is 14.8 Å². The number of anilines is 2. The second kappa shape index (κ2) is 6.96. The molecule has 1 amide bonds. The molecule has 1 aromatic heterocycles. The second-order valence-electron chi connectivity index (χ2n) is 6.16. The normalized spacial score (nSPS) is 16.4. The largest absolute Gasteiger partial charge is 0.454 e. The first-order chi connectivity index (χ1) is 12.3. The Morgan fingerprint density at radius 3 is 2.68 bits per heavy atom. The Bertz CT molecular complexity index is 773. The highest BCUT2D eigenvalue weighted by Gasteiger charge is 2.19. The maximum atomic E-state index is 12.7. The van der Waals surface area contributed by atoms with Crippen LogP contribution in [0, 0.1) is 0 Å². The maximum absolute atomic E-state index is 12.7. The first-order valence-corrected chi connectivity index (χ1v) is 8.58. The molecule has 4 rings (SSSR count). The van der Waals surface area contributed by atoms with E-state index in [0.717, 1.165) is 37.4 Å². The minimum absolute atomic E-state index is 0.0296. The van der Waals surface area contributed by atoms with Crippen LogP contribution in [0.2, 0.25) is 0 Å². The van der Waals surface area contributed by atoms with E-state index in [1.54, 1.807) is 12.3 Å². The molecule has 1 aromatic carbocycles. The average molecular weight is 340 g/mol. The lowest BCUT2D eigenvalue weighted by Gasteiger charge is -2.19. The van der Waals surface area contributed by atoms with Crippen molar-refractivity contribution in [3.8, 4) is 11.5 Å². The topological polar surface area (TPSA) is 76.6 Å². The molecule has 2 aromatic rings. The zero-order valence-corrected chi connectivity index (χ0v) is 13.9. The fourth-order valence-electron chi connectivity index (χ4n) is 3.08. The average Bonchev–Trinajstić information content (AvgIpc) is 2.93. The van der Waals surface area contributed by atoms with Gasteiger partial charge in [-0.15, -0.1) is 0 Å². The Morgan fingerprint density at radius 1 is 1.04 bits per heavy atom. The van der Waals surface area contributed by atoms with Gasteiger partial charge < -0.3 is 19.7 Å². The van der Waals surface area contributed by atoms with E-state index in [-0.39, 0.29) is 12.7 Å². The molecule has 0 atom stereocenters. The number of fused-ring (bicyclic) bond motifs is 1. The lowest BCUT2D eigenvalue weighted by Crippen LogP contribution is -2.32. The van der Waals surface area contributed by atoms with E-state index in [1.165, 1.54) is 12.8 Å². The Balaban J connectivity index is 1.50. The molecule has 130 valence electrons. The third-order valence-electron chi connectivity index (χ3n) is 4.40. The van der Waals surface area contributed by atoms with Gasteiger partial charge in [-0.05, 0) is 31.0 Å². The number of nitrogens with zero attached hydrogens (tertiary/aromatic N) is 3. The summed E-state index contributed by atoms with van der Waals surface area (Å²) >= 11 is 0. The number of carbonyl (C=O) groups excluding carboxylic acids is 1. The lowest BCUT2D eigenvalue weighted by atomic mass is 10.2. The van der Waals surface area contributed by atoms with Crippen LogP contribution in [0.1, 0.15) is 36.2 Å². The second-order valence-corrected chi connectivity index (χ2v) is 6.16. The molecule has 1 saturated heterocycles. The summed E-state index contributed by atoms with van der Waals surface area (Å²) in [6.07, 6.45) is 6.08. The molecule has 3 heterocycles. The van der Waals surface area contributed by atoms with E-state index in [9.17, 15) is 4.79 Å². The van der Waals surface area contributed by atoms with Crippen molar-refractivity contribution in [2.24, 2.45) is 0 Å². The van der Waals surface area contributed by atoms with Gasteiger partial charge in [0.1, 0.15) is 5.69 Å². The van der Waals surface area contributed by atoms with Crippen LogP contribution in [-0.4, -0.2) is 40.7 Å². The van der Waals surface area contributed by atoms with Crippen LogP contribution in [0.5, 0.6) is 11.5 Å². The van der Waals surface area contributed by atoms with Gasteiger partial charge in [-0.3, -0.25) is 4.79 Å². The summed E-state index contributed by atoms with van der Waals surface area (Å²) in [5.41, 5.74) is 1.20. The van der Waals surface area contributed by atoms with Crippen molar-refractivity contribution >= 4 is 17.5 Å². The Hall–Kier alpha value is -2.83. The summed E-state index contributed by atoms with van der Waals surface area (Å²) < 4.78 is 10.7. The van der Waals surface area contributed by atoms with E-state index in [4.69, 9.17) is 9.47 Å². The quantitative estimate of drug-likeness (QED) is 0.926. The molecular weight excluding hydrogens is 320 g/mol. The standard InChI is InChI=1S/C18H20N4O3/c23-17(22-9-3-1-2-4-10-22)14-7-8-19-18(21-14)20-13-5-6-15-16(11-13)25-12-24-15/h5-8,11H,1-4,9-10,12H2,(H,19,20,21). The number of carbonyl (C=O) groups is 1. The molecule has 0 unspecified atom stereocenters. The summed E-state index contributed by atoms with van der Waals surface area (Å²) in [6, 6.07) is 7.18. The predicted octanol–water partition coefficient (Wildman–Crippen LogP) is 2.97. The van der Waals surface area contributed by atoms with Crippen LogP contribution in [0.15, 0.2) is 30.5 Å². The number of hydrogen-bond acceptors (Lipinski definition) is 6. The number of ether oxygens (including phenoxy) is 2. The lowest BCUT2D eigenvalue weighted by molar-refractivity contribution is 0.0755. The number of amides is 1. The molecule has 0 radical (unpaired) electrons. The number of hydrogen-bond donors (Lipinski definition) is 1. The molecular formula is C18H20N4O3. The molecule has 2 aliphatic heterocycles. The monoisotopic (exact) mass is 340 g/mol. The Kier molecular flexibility index (Phi) is 4.37. The Labute approximate surface area is 146 Å². The highest BCUT2D eigenvalue weighted by atomic mass is 16.7. The third-order valence-corrected chi connectivity index (χ3v) is 4.40. The van der Waals surface area contributed by atoms with Crippen molar-refractivity contribution < 1.29 is 14.3 Å². The van der Waals surface area contributed by atoms with Crippen molar-refractivity contribution in [1.82, 2.24) is 14.9 Å². The van der Waals surface area contributed by atoms with Crippen LogP contribution in [0.4, 0.5) is 11.6 Å². The predicted molar refractivity (Wildman–Crippen MR) is 92.3 cm³/mol. The van der Waals surface area contributed by atoms with E-state index >= 15 is 0 Å². The molecule has 25 heavy (non-hydrogen) atoms. The molecule has 2 aliphatic rings. The first kappa shape index (κ1) is 15.7. The molecule has 1 N–H and O–H groups in total. The molecule has 0 bridgehead atoms. The van der Waals surface area contributed by atoms with Gasteiger partial charge >= 0.3 is 0 Å². The SMILES string of the molecule is O=C(c1ccnc(Nc2ccc3c(c2)OCO3)n1)N1CCCCCC1. The zero-order valence-electron chi connectivity index (χ0n) is 13.9. The van der Waals surface area contributed by atoms with E-state index in [1.807, 2.05) is 23.1 Å². The molecule has 0 saturated carbocycles. The summed E-state index contributed by atoms with van der Waals surface area (Å²) in [5, 5.41) is 3.12. The number of rotatable bonds is 3. The van der Waals surface area contributed by atoms with Crippen LogP contribution >= 0.6 is 0 Å². The fourth-order valence-corrected chi connectivity index (χ4v) is 3.08. The van der Waals surface area contributed by atoms with Crippen LogP contribution in [0.3, 0.4) is 0 Å². The van der Waals surface area contributed by atoms with Crippen molar-refractivity contribution in [3.63, 3.8) is 0 Å². The summed E-state index contributed by atoms with van der Waals surface area (Å²) in [7, 11) is 0. The van der Waals surface area contributed by atoms with E-state index < -0.39 is 0 Å². The number of likely N-dealkylation sites (tertiary alicyclic amines) is 1. The highest BCUT2D eigenvalue weighted by Crippen LogP contribution is 2.34. The molecule has 1 fully saturated rings. The van der Waals surface area contributed by atoms with Crippen molar-refractivity contribution in [1.29, 1.82) is 0 Å². The summed E-state index contributed by atoms with van der Waals surface area (Å²) in [4.78, 5) is 23.2. The van der Waals surface area contributed by atoms with Gasteiger partial charge in [0.25, 0.3) is 5.91 Å². The summed E-state index contributed by atoms with van der Waals surface area (Å²) in [6.45, 7) is 1.83. The van der Waals surface area contributed by atoms with Gasteiger partial charge in [-0.1, -0.05) is 12.8 Å². The molecule has 7 nitrogen and oxygen atoms in total. The van der Waals surface area contributed by atoms with Crippen LogP contribution in [-0.2, 0) is 0 Å². The van der Waals surface area contributed by atoms with Gasteiger partial charge in [-0.25, -0.2) is 9.97 Å². The van der Waals surface area contributed by atoms with Gasteiger partial charge in [0.05, 0.1) is 0 Å². The number of aromatic nitrogens is 2. The zero-order chi connectivity index (χ0) is 17.1. The van der Waals surface area contributed by atoms with Gasteiger partial charge in [-0.2, -0.15) is 0 Å². The van der Waals surface area contributed by atoms with Crippen LogP contribution in [0.25, 0.3) is 0 Å². The van der Waals surface area contributed by atoms with Crippen molar-refractivity contribution in [2.45, 2.75) is 25.7 Å². The van der Waals surface area contributed by atoms with Crippen molar-refractivity contribution in [3.05, 3.63) is 36.2 Å². The maximum Gasteiger partial charge on any atom is 0.272 e. The molecule has 0 spiro atoms. The fraction of sp³-hybridized carbons (Fsp3) is 0.389. The van der Waals surface area contributed by atoms with Crippen molar-refractivity contribution in [2.75, 3.05) is 25.2 Å². The number of nitrogens with one attached hydrogen (secondary N) is 1. The van der Waals surface area contributed by atoms with Gasteiger partial charge in [0, 0.05) is 31.0 Å². The van der Waals surface area contributed by atoms with E-state index in [2.05, 4.69) is 15.3 Å². The number of benzene rings is 1. The smallest absolute Gasteiger partial charge is 0.272 e. The third kappa shape index (κ3) is 3.50.